The van der Waals surface area contributed by atoms with Gasteiger partial charge in [0, 0.05) is 5.41 Å². The molecule has 7 heteroatoms. The van der Waals surface area contributed by atoms with E-state index in [1.165, 1.54) is 18.2 Å². The molecule has 0 spiro atoms. The number of benzene rings is 1. The van der Waals surface area contributed by atoms with E-state index in [4.69, 9.17) is 5.11 Å². The van der Waals surface area contributed by atoms with Crippen LogP contribution in [0.2, 0.25) is 0 Å². The highest BCUT2D eigenvalue weighted by Crippen LogP contribution is 2.31. The van der Waals surface area contributed by atoms with Crippen LogP contribution in [-0.4, -0.2) is 26.8 Å². The Morgan fingerprint density at radius 2 is 1.90 bits per heavy atom. The van der Waals surface area contributed by atoms with E-state index in [2.05, 4.69) is 4.98 Å². The fraction of sp³-hybridized carbons (Fsp3) is 0.429. The monoisotopic (exact) mass is 300 g/mol. The predicted octanol–water partition coefficient (Wildman–Crippen LogP) is 3.59. The second kappa shape index (κ2) is 4.75. The minimum atomic E-state index is -4.41. The van der Waals surface area contributed by atoms with Crippen LogP contribution in [0.25, 0.3) is 11.0 Å². The van der Waals surface area contributed by atoms with Crippen LogP contribution in [0.15, 0.2) is 18.2 Å². The Bertz CT molecular complexity index is 697. The molecule has 1 N–H and O–H groups in total. The van der Waals surface area contributed by atoms with Gasteiger partial charge in [-0.25, -0.2) is 9.78 Å². The van der Waals surface area contributed by atoms with E-state index in [-0.39, 0.29) is 22.4 Å². The zero-order chi connectivity index (χ0) is 16.0. The first kappa shape index (κ1) is 15.3. The van der Waals surface area contributed by atoms with Crippen LogP contribution in [0.3, 0.4) is 0 Å². The van der Waals surface area contributed by atoms with E-state index in [0.717, 1.165) is 4.57 Å². The number of fused-ring (bicyclic) bond motifs is 1. The Kier molecular flexibility index (Phi) is 3.47. The summed E-state index contributed by atoms with van der Waals surface area (Å²) in [6.07, 6.45) is -4.41. The van der Waals surface area contributed by atoms with Crippen molar-refractivity contribution >= 4 is 17.0 Å². The molecule has 1 aromatic carbocycles. The van der Waals surface area contributed by atoms with E-state index in [1.807, 2.05) is 0 Å². The lowest BCUT2D eigenvalue weighted by Crippen LogP contribution is -2.25. The molecule has 0 bridgehead atoms. The summed E-state index contributed by atoms with van der Waals surface area (Å²) in [4.78, 5) is 15.4. The maximum Gasteiger partial charge on any atom is 0.406 e. The lowest BCUT2D eigenvalue weighted by molar-refractivity contribution is -0.140. The number of rotatable bonds is 2. The van der Waals surface area contributed by atoms with Crippen LogP contribution < -0.4 is 0 Å². The molecule has 0 aliphatic rings. The van der Waals surface area contributed by atoms with Gasteiger partial charge in [-0.2, -0.15) is 13.2 Å². The van der Waals surface area contributed by atoms with Gasteiger partial charge in [0.05, 0.1) is 11.1 Å². The molecule has 0 radical (unpaired) electrons. The number of imidazole rings is 1. The molecule has 0 amide bonds. The molecule has 0 atom stereocenters. The quantitative estimate of drug-likeness (QED) is 0.922. The molecule has 1 aromatic heterocycles. The van der Waals surface area contributed by atoms with Gasteiger partial charge in [-0.05, 0) is 12.1 Å². The Morgan fingerprint density at radius 1 is 1.29 bits per heavy atom. The molecule has 114 valence electrons. The highest BCUT2D eigenvalue weighted by molar-refractivity contribution is 6.01. The van der Waals surface area contributed by atoms with Gasteiger partial charge in [-0.15, -0.1) is 0 Å². The van der Waals surface area contributed by atoms with E-state index in [9.17, 15) is 18.0 Å². The normalized spacial score (nSPS) is 12.9. The molecule has 21 heavy (non-hydrogen) atoms. The van der Waals surface area contributed by atoms with Crippen molar-refractivity contribution in [2.45, 2.75) is 38.9 Å². The van der Waals surface area contributed by atoms with Gasteiger partial charge >= 0.3 is 12.1 Å². The number of aromatic carboxylic acids is 1. The molecule has 0 unspecified atom stereocenters. The molecule has 0 aliphatic heterocycles. The average molecular weight is 300 g/mol. The summed E-state index contributed by atoms with van der Waals surface area (Å²) in [5.41, 5.74) is -0.477. The maximum absolute atomic E-state index is 12.8. The number of carboxylic acids is 1. The molecule has 4 nitrogen and oxygen atoms in total. The summed E-state index contributed by atoms with van der Waals surface area (Å²) in [6.45, 7) is 4.02. The standard InChI is InChI=1S/C14H15F3N2O2/c1-13(2,3)12-18-10-8(11(20)21)5-4-6-9(10)19(12)7-14(15,16)17/h4-6H,7H2,1-3H3,(H,20,21). The number of nitrogens with zero attached hydrogens (tertiary/aromatic N) is 2. The highest BCUT2D eigenvalue weighted by atomic mass is 19.4. The van der Waals surface area contributed by atoms with Crippen LogP contribution in [0.5, 0.6) is 0 Å². The number of halogens is 3. The number of hydrogen-bond acceptors (Lipinski definition) is 2. The van der Waals surface area contributed by atoms with Crippen molar-refractivity contribution in [2.24, 2.45) is 0 Å². The molecule has 0 aliphatic carbocycles. The molecule has 2 rings (SSSR count). The summed E-state index contributed by atoms with van der Waals surface area (Å²) in [6, 6.07) is 4.21. The molecule has 0 saturated carbocycles. The van der Waals surface area contributed by atoms with Crippen LogP contribution in [0.1, 0.15) is 37.0 Å². The third kappa shape index (κ3) is 3.01. The fourth-order valence-electron chi connectivity index (χ4n) is 2.23. The summed E-state index contributed by atoms with van der Waals surface area (Å²) < 4.78 is 39.5. The summed E-state index contributed by atoms with van der Waals surface area (Å²) in [5.74, 6) is -0.999. The van der Waals surface area contributed by atoms with E-state index in [1.54, 1.807) is 20.8 Å². The first-order chi connectivity index (χ1) is 9.50. The van der Waals surface area contributed by atoms with Crippen molar-refractivity contribution in [2.75, 3.05) is 0 Å². The highest BCUT2D eigenvalue weighted by Gasteiger charge is 2.33. The van der Waals surface area contributed by atoms with Gasteiger partial charge in [0.15, 0.2) is 0 Å². The zero-order valence-corrected chi connectivity index (χ0v) is 11.8. The van der Waals surface area contributed by atoms with E-state index >= 15 is 0 Å². The minimum absolute atomic E-state index is 0.0826. The topological polar surface area (TPSA) is 55.1 Å². The van der Waals surface area contributed by atoms with Gasteiger partial charge in [-0.3, -0.25) is 0 Å². The third-order valence-corrected chi connectivity index (χ3v) is 3.02. The van der Waals surface area contributed by atoms with Crippen LogP contribution in [0.4, 0.5) is 13.2 Å². The first-order valence-corrected chi connectivity index (χ1v) is 6.30. The fourth-order valence-corrected chi connectivity index (χ4v) is 2.23. The number of carbonyl (C=O) groups is 1. The van der Waals surface area contributed by atoms with Gasteiger partial charge in [0.1, 0.15) is 17.9 Å². The SMILES string of the molecule is CC(C)(C)c1nc2c(C(=O)O)cccc2n1CC(F)(F)F. The van der Waals surface area contributed by atoms with Crippen molar-refractivity contribution in [3.05, 3.63) is 29.6 Å². The Morgan fingerprint density at radius 3 is 2.38 bits per heavy atom. The van der Waals surface area contributed by atoms with Crippen LogP contribution >= 0.6 is 0 Å². The van der Waals surface area contributed by atoms with Gasteiger partial charge in [-0.1, -0.05) is 26.8 Å². The summed E-state index contributed by atoms with van der Waals surface area (Å²) >= 11 is 0. The largest absolute Gasteiger partial charge is 0.478 e. The lowest BCUT2D eigenvalue weighted by atomic mass is 9.95. The summed E-state index contributed by atoms with van der Waals surface area (Å²) in [7, 11) is 0. The second-order valence-electron chi connectivity index (χ2n) is 5.87. The number of alkyl halides is 3. The van der Waals surface area contributed by atoms with E-state index < -0.39 is 24.1 Å². The van der Waals surface area contributed by atoms with Crippen molar-refractivity contribution < 1.29 is 23.1 Å². The molecular formula is C14H15F3N2O2. The first-order valence-electron chi connectivity index (χ1n) is 6.30. The van der Waals surface area contributed by atoms with Gasteiger partial charge < -0.3 is 9.67 Å². The number of aromatic nitrogens is 2. The lowest BCUT2D eigenvalue weighted by Gasteiger charge is -2.21. The smallest absolute Gasteiger partial charge is 0.406 e. The minimum Gasteiger partial charge on any atom is -0.478 e. The molecule has 1 heterocycles. The summed E-state index contributed by atoms with van der Waals surface area (Å²) in [5, 5.41) is 9.15. The second-order valence-corrected chi connectivity index (χ2v) is 5.87. The van der Waals surface area contributed by atoms with Gasteiger partial charge in [0.2, 0.25) is 0 Å². The number of hydrogen-bond donors (Lipinski definition) is 1. The van der Waals surface area contributed by atoms with Crippen molar-refractivity contribution in [1.82, 2.24) is 9.55 Å². The molecule has 0 saturated heterocycles. The Labute approximate surface area is 119 Å². The zero-order valence-electron chi connectivity index (χ0n) is 11.8. The van der Waals surface area contributed by atoms with Crippen molar-refractivity contribution in [3.63, 3.8) is 0 Å². The predicted molar refractivity (Wildman–Crippen MR) is 71.4 cm³/mol. The number of para-hydroxylation sites is 1. The maximum atomic E-state index is 12.8. The molecule has 0 fully saturated rings. The third-order valence-electron chi connectivity index (χ3n) is 3.02. The Balaban J connectivity index is 2.79. The van der Waals surface area contributed by atoms with Crippen molar-refractivity contribution in [3.8, 4) is 0 Å². The van der Waals surface area contributed by atoms with E-state index in [0.29, 0.717) is 0 Å². The van der Waals surface area contributed by atoms with Crippen LogP contribution in [-0.2, 0) is 12.0 Å². The van der Waals surface area contributed by atoms with Crippen LogP contribution in [0, 0.1) is 0 Å². The molecular weight excluding hydrogens is 285 g/mol. The van der Waals surface area contributed by atoms with Gasteiger partial charge in [0.25, 0.3) is 0 Å². The Hall–Kier alpha value is -2.05. The molecule has 2 aromatic rings. The van der Waals surface area contributed by atoms with Crippen molar-refractivity contribution in [1.29, 1.82) is 0 Å². The average Bonchev–Trinajstić information content (AvgIpc) is 2.65. The number of carboxylic acid groups (broad SMARTS) is 1.